The molecule has 3 aromatic carbocycles. The van der Waals surface area contributed by atoms with Gasteiger partial charge >= 0.3 is 0 Å². The molecule has 4 rings (SSSR count). The Balaban J connectivity index is 1.87. The first-order chi connectivity index (χ1) is 20.9. The largest absolute Gasteiger partial charge is 0.409 e. The van der Waals surface area contributed by atoms with Gasteiger partial charge < -0.3 is 23.4 Å². The second-order valence-corrected chi connectivity index (χ2v) is 25.0. The van der Waals surface area contributed by atoms with Crippen LogP contribution in [0.5, 0.6) is 0 Å². The van der Waals surface area contributed by atoms with E-state index in [1.54, 1.807) is 0 Å². The fraction of sp³-hybridized carbons (Fsp3) is 0.514. The first-order valence-electron chi connectivity index (χ1n) is 16.1. The molecule has 1 fully saturated rings. The number of hydrogen-bond donors (Lipinski definition) is 1. The van der Waals surface area contributed by atoms with E-state index < -0.39 is 46.0 Å². The van der Waals surface area contributed by atoms with Crippen LogP contribution in [0.25, 0.3) is 0 Å². The maximum Gasteiger partial charge on any atom is 0.192 e. The second-order valence-electron chi connectivity index (χ2n) is 15.5. The maximum absolute atomic E-state index is 11.3. The number of ether oxygens (including phenoxy) is 2. The van der Waals surface area contributed by atoms with E-state index in [4.69, 9.17) is 26.2 Å². The summed E-state index contributed by atoms with van der Waals surface area (Å²) in [4.78, 5) is 0. The molecule has 0 bridgehead atoms. The molecule has 1 N–H and O–H groups in total. The highest BCUT2D eigenvalue weighted by atomic mass is 28.4. The molecule has 0 aliphatic carbocycles. The molecular weight excluding hydrogens is 591 g/mol. The fourth-order valence-electron chi connectivity index (χ4n) is 5.48. The van der Waals surface area contributed by atoms with Gasteiger partial charge in [-0.25, -0.2) is 0 Å². The van der Waals surface area contributed by atoms with Gasteiger partial charge in [-0.2, -0.15) is 0 Å². The number of aliphatic hydroxyl groups excluding tert-OH is 1. The molecule has 242 valence electrons. The van der Waals surface area contributed by atoms with Gasteiger partial charge in [0.05, 0.1) is 19.3 Å². The molecule has 1 heterocycles. The van der Waals surface area contributed by atoms with Crippen LogP contribution >= 0.6 is 0 Å². The molecule has 5 nitrogen and oxygen atoms in total. The van der Waals surface area contributed by atoms with Gasteiger partial charge in [-0.3, -0.25) is 0 Å². The minimum Gasteiger partial charge on any atom is -0.409 e. The van der Waals surface area contributed by atoms with E-state index in [1.807, 2.05) is 54.6 Å². The van der Waals surface area contributed by atoms with Crippen molar-refractivity contribution in [1.82, 2.24) is 0 Å². The summed E-state index contributed by atoms with van der Waals surface area (Å²) in [7, 11) is 2.10. The van der Waals surface area contributed by atoms with Crippen molar-refractivity contribution in [3.05, 3.63) is 108 Å². The second kappa shape index (κ2) is 13.2. The molecule has 1 saturated heterocycles. The summed E-state index contributed by atoms with van der Waals surface area (Å²) < 4.78 is 28.1. The number of rotatable bonds is 11. The average Bonchev–Trinajstić information content (AvgIpc) is 3.23. The van der Waals surface area contributed by atoms with Crippen LogP contribution < -0.4 is 0 Å². The van der Waals surface area contributed by atoms with Crippen molar-refractivity contribution >= 4 is 24.5 Å². The average molecular weight is 645 g/mol. The Morgan fingerprint density at radius 3 is 1.42 bits per heavy atom. The van der Waals surface area contributed by atoms with Crippen LogP contribution in [0.2, 0.25) is 36.3 Å². The lowest BCUT2D eigenvalue weighted by Gasteiger charge is -2.47. The quantitative estimate of drug-likeness (QED) is 0.169. The van der Waals surface area contributed by atoms with Crippen molar-refractivity contribution in [1.29, 1.82) is 0 Å². The van der Waals surface area contributed by atoms with Crippen molar-refractivity contribution in [2.24, 2.45) is 0 Å². The molecule has 0 aromatic heterocycles. The van der Waals surface area contributed by atoms with Crippen LogP contribution in [0.4, 0.5) is 0 Å². The Morgan fingerprint density at radius 1 is 0.689 bits per heavy atom. The molecule has 0 saturated carbocycles. The molecule has 0 spiro atoms. The molecule has 4 atom stereocenters. The summed E-state index contributed by atoms with van der Waals surface area (Å²) >= 11 is 0. The SMILES string of the molecule is [B][C@@H]1O[C@@](CO)(COC(c2ccccc2)(c2ccccc2)c2ccccc2)[C@@H](O[Si](C)(C)C(C)(C)C)C1O[Si](C)(C)C(C)(C)C. The molecule has 1 unspecified atom stereocenters. The highest BCUT2D eigenvalue weighted by Crippen LogP contribution is 2.48. The standard InChI is InChI=1S/C37H53BO5Si2/c1-34(2,3)44(7,8)42-31-32(43-45(9,10)35(4,5)6)36(26-39,41-33(31)38)27-40-37(28-20-14-11-15-21-28,29-22-16-12-17-23-29)30-24-18-13-19-25-30/h11-25,31-33,39H,26-27H2,1-10H3/t31?,32-,33+,36-/m0/s1. The van der Waals surface area contributed by atoms with Gasteiger partial charge in [0, 0.05) is 6.00 Å². The summed E-state index contributed by atoms with van der Waals surface area (Å²) in [6.07, 6.45) is -1.22. The molecule has 1 aliphatic heterocycles. The van der Waals surface area contributed by atoms with Gasteiger partial charge in [-0.1, -0.05) is 133 Å². The number of aliphatic hydroxyl groups is 1. The molecule has 2 radical (unpaired) electrons. The predicted molar refractivity (Wildman–Crippen MR) is 190 cm³/mol. The maximum atomic E-state index is 11.3. The van der Waals surface area contributed by atoms with Crippen LogP contribution in [0, 0.1) is 0 Å². The van der Waals surface area contributed by atoms with Gasteiger partial charge in [0.25, 0.3) is 0 Å². The normalized spacial score (nSPS) is 23.3. The van der Waals surface area contributed by atoms with Crippen LogP contribution in [0.15, 0.2) is 91.0 Å². The summed E-state index contributed by atoms with van der Waals surface area (Å²) in [5.41, 5.74) is 0.626. The van der Waals surface area contributed by atoms with Crippen LogP contribution in [-0.4, -0.2) is 66.6 Å². The Hall–Kier alpha value is -2.04. The van der Waals surface area contributed by atoms with Gasteiger partial charge in [-0.15, -0.1) is 0 Å². The Bertz CT molecular complexity index is 1280. The summed E-state index contributed by atoms with van der Waals surface area (Å²) in [6.45, 7) is 21.8. The van der Waals surface area contributed by atoms with E-state index in [1.165, 1.54) is 0 Å². The predicted octanol–water partition coefficient (Wildman–Crippen LogP) is 8.03. The zero-order valence-corrected chi connectivity index (χ0v) is 31.0. The van der Waals surface area contributed by atoms with E-state index in [0.717, 1.165) is 16.7 Å². The monoisotopic (exact) mass is 644 g/mol. The number of benzene rings is 3. The Labute approximate surface area is 275 Å². The van der Waals surface area contributed by atoms with E-state index in [2.05, 4.69) is 104 Å². The van der Waals surface area contributed by atoms with Crippen molar-refractivity contribution < 1.29 is 23.4 Å². The van der Waals surface area contributed by atoms with Gasteiger partial charge in [0.15, 0.2) is 16.6 Å². The highest BCUT2D eigenvalue weighted by Gasteiger charge is 2.60. The van der Waals surface area contributed by atoms with Crippen LogP contribution in [0.1, 0.15) is 58.2 Å². The minimum absolute atomic E-state index is 0.0204. The smallest absolute Gasteiger partial charge is 0.192 e. The fourth-order valence-corrected chi connectivity index (χ4v) is 8.11. The third-order valence-electron chi connectivity index (χ3n) is 10.3. The molecule has 8 heteroatoms. The van der Waals surface area contributed by atoms with Crippen molar-refractivity contribution in [3.8, 4) is 0 Å². The number of hydrogen-bond acceptors (Lipinski definition) is 5. The molecule has 45 heavy (non-hydrogen) atoms. The summed E-state index contributed by atoms with van der Waals surface area (Å²) in [6, 6.07) is 29.9. The summed E-state index contributed by atoms with van der Waals surface area (Å²) in [5.74, 6) is 0. The Kier molecular flexibility index (Phi) is 10.5. The molecular formula is C37H53BO5Si2. The van der Waals surface area contributed by atoms with E-state index >= 15 is 0 Å². The van der Waals surface area contributed by atoms with Crippen molar-refractivity contribution in [3.63, 3.8) is 0 Å². The lowest BCUT2D eigenvalue weighted by Crippen LogP contribution is -2.60. The first kappa shape index (κ1) is 35.8. The van der Waals surface area contributed by atoms with Gasteiger partial charge in [-0.05, 0) is 53.0 Å². The topological polar surface area (TPSA) is 57.2 Å². The molecule has 1 aliphatic rings. The first-order valence-corrected chi connectivity index (χ1v) is 21.9. The van der Waals surface area contributed by atoms with Crippen LogP contribution in [0.3, 0.4) is 0 Å². The minimum atomic E-state index is -2.40. The zero-order valence-electron chi connectivity index (χ0n) is 29.0. The van der Waals surface area contributed by atoms with Gasteiger partial charge in [0.1, 0.15) is 25.2 Å². The highest BCUT2D eigenvalue weighted by molar-refractivity contribution is 6.74. The lowest BCUT2D eigenvalue weighted by atomic mass is 9.79. The van der Waals surface area contributed by atoms with Crippen molar-refractivity contribution in [2.45, 2.75) is 107 Å². The summed E-state index contributed by atoms with van der Waals surface area (Å²) in [5, 5.41) is 11.2. The zero-order chi connectivity index (χ0) is 33.3. The third kappa shape index (κ3) is 7.13. The van der Waals surface area contributed by atoms with Crippen molar-refractivity contribution in [2.75, 3.05) is 13.2 Å². The van der Waals surface area contributed by atoms with E-state index in [9.17, 15) is 5.11 Å². The van der Waals surface area contributed by atoms with Crippen LogP contribution in [-0.2, 0) is 23.9 Å². The Morgan fingerprint density at radius 2 is 1.07 bits per heavy atom. The lowest BCUT2D eigenvalue weighted by molar-refractivity contribution is -0.157. The third-order valence-corrected chi connectivity index (χ3v) is 19.2. The molecule has 0 amide bonds. The van der Waals surface area contributed by atoms with Gasteiger partial charge in [0.2, 0.25) is 0 Å². The van der Waals surface area contributed by atoms with E-state index in [-0.39, 0.29) is 23.3 Å². The van der Waals surface area contributed by atoms with E-state index in [0.29, 0.717) is 0 Å². The molecule has 3 aromatic rings.